The van der Waals surface area contributed by atoms with Crippen LogP contribution in [0.5, 0.6) is 0 Å². The lowest BCUT2D eigenvalue weighted by Crippen LogP contribution is -2.13. The average Bonchev–Trinajstić information content (AvgIpc) is 2.57. The Morgan fingerprint density at radius 3 is 3.21 bits per heavy atom. The van der Waals surface area contributed by atoms with Crippen molar-refractivity contribution in [3.63, 3.8) is 0 Å². The predicted molar refractivity (Wildman–Crippen MR) is 59.7 cm³/mol. The van der Waals surface area contributed by atoms with Gasteiger partial charge in [-0.05, 0) is 24.5 Å². The van der Waals surface area contributed by atoms with Crippen LogP contribution in [0.4, 0.5) is 5.82 Å². The third kappa shape index (κ3) is 1.69. The first-order chi connectivity index (χ1) is 6.81. The molecule has 0 atom stereocenters. The van der Waals surface area contributed by atoms with Crippen LogP contribution >= 0.6 is 11.5 Å². The van der Waals surface area contributed by atoms with Gasteiger partial charge in [0.1, 0.15) is 5.82 Å². The van der Waals surface area contributed by atoms with Gasteiger partial charge in [-0.15, -0.1) is 0 Å². The molecule has 0 spiro atoms. The molecule has 14 heavy (non-hydrogen) atoms. The zero-order valence-electron chi connectivity index (χ0n) is 7.95. The van der Waals surface area contributed by atoms with E-state index in [2.05, 4.69) is 14.7 Å². The van der Waals surface area contributed by atoms with Gasteiger partial charge in [0.2, 0.25) is 0 Å². The minimum atomic E-state index is 0.613. The predicted octanol–water partition coefficient (Wildman–Crippen LogP) is 1.37. The zero-order valence-corrected chi connectivity index (χ0v) is 8.77. The fourth-order valence-corrected chi connectivity index (χ4v) is 2.04. The van der Waals surface area contributed by atoms with E-state index < -0.39 is 0 Å². The molecule has 5 heteroatoms. The molecule has 4 nitrogen and oxygen atoms in total. The van der Waals surface area contributed by atoms with E-state index in [-0.39, 0.29) is 0 Å². The highest BCUT2D eigenvalue weighted by atomic mass is 32.1. The number of rotatable bonds is 3. The van der Waals surface area contributed by atoms with E-state index >= 15 is 0 Å². The summed E-state index contributed by atoms with van der Waals surface area (Å²) in [6.07, 6.45) is 1.85. The second kappa shape index (κ2) is 3.89. The Balaban J connectivity index is 2.32. The summed E-state index contributed by atoms with van der Waals surface area (Å²) in [4.78, 5) is 4.28. The van der Waals surface area contributed by atoms with Gasteiger partial charge >= 0.3 is 0 Å². The first-order valence-electron chi connectivity index (χ1n) is 4.47. The van der Waals surface area contributed by atoms with Crippen LogP contribution < -0.4 is 11.1 Å². The van der Waals surface area contributed by atoms with Gasteiger partial charge in [-0.2, -0.15) is 4.37 Å². The maximum absolute atomic E-state index is 5.39. The molecule has 0 radical (unpaired) electrons. The van der Waals surface area contributed by atoms with Crippen LogP contribution in [0.3, 0.4) is 0 Å². The largest absolute Gasteiger partial charge is 0.369 e. The quantitative estimate of drug-likeness (QED) is 0.799. The maximum Gasteiger partial charge on any atom is 0.127 e. The fraction of sp³-hybridized carbons (Fsp3) is 0.333. The molecule has 0 aliphatic rings. The minimum absolute atomic E-state index is 0.613. The molecule has 3 N–H and O–H groups in total. The number of nitrogens with two attached hydrogens (primary N) is 1. The Kier molecular flexibility index (Phi) is 2.60. The number of hydrogen-bond donors (Lipinski definition) is 2. The second-order valence-electron chi connectivity index (χ2n) is 3.05. The van der Waals surface area contributed by atoms with Crippen LogP contribution in [0.25, 0.3) is 10.1 Å². The molecular formula is C9H12N4S. The highest BCUT2D eigenvalue weighted by molar-refractivity contribution is 7.13. The molecule has 2 rings (SSSR count). The van der Waals surface area contributed by atoms with E-state index in [4.69, 9.17) is 5.73 Å². The second-order valence-corrected chi connectivity index (χ2v) is 3.85. The summed E-state index contributed by atoms with van der Waals surface area (Å²) in [5.74, 6) is 0.867. The monoisotopic (exact) mass is 208 g/mol. The Morgan fingerprint density at radius 2 is 2.43 bits per heavy atom. The molecule has 0 saturated carbocycles. The average molecular weight is 208 g/mol. The van der Waals surface area contributed by atoms with Crippen molar-refractivity contribution >= 4 is 27.4 Å². The lowest BCUT2D eigenvalue weighted by atomic mass is 10.3. The fourth-order valence-electron chi connectivity index (χ4n) is 1.25. The number of aryl methyl sites for hydroxylation is 1. The van der Waals surface area contributed by atoms with Crippen molar-refractivity contribution in [2.45, 2.75) is 6.92 Å². The summed E-state index contributed by atoms with van der Waals surface area (Å²) in [6.45, 7) is 3.35. The Hall–Kier alpha value is -1.20. The van der Waals surface area contributed by atoms with Gasteiger partial charge in [0.25, 0.3) is 0 Å². The van der Waals surface area contributed by atoms with Crippen LogP contribution in [0.1, 0.15) is 5.69 Å². The number of aromatic nitrogens is 2. The molecule has 2 aromatic rings. The maximum atomic E-state index is 5.39. The number of fused-ring (bicyclic) bond motifs is 1. The van der Waals surface area contributed by atoms with Gasteiger partial charge in [-0.1, -0.05) is 0 Å². The zero-order chi connectivity index (χ0) is 9.97. The van der Waals surface area contributed by atoms with Gasteiger partial charge in [-0.25, -0.2) is 4.98 Å². The van der Waals surface area contributed by atoms with Crippen molar-refractivity contribution < 1.29 is 0 Å². The molecule has 0 aliphatic heterocycles. The molecule has 0 aromatic carbocycles. The van der Waals surface area contributed by atoms with Crippen LogP contribution in [0.15, 0.2) is 12.3 Å². The van der Waals surface area contributed by atoms with E-state index in [1.165, 1.54) is 11.5 Å². The molecule has 74 valence electrons. The van der Waals surface area contributed by atoms with E-state index in [1.54, 1.807) is 0 Å². The number of anilines is 1. The van der Waals surface area contributed by atoms with Gasteiger partial charge in [-0.3, -0.25) is 0 Å². The number of pyridine rings is 1. The molecule has 0 fully saturated rings. The highest BCUT2D eigenvalue weighted by Crippen LogP contribution is 2.23. The first kappa shape index (κ1) is 9.36. The summed E-state index contributed by atoms with van der Waals surface area (Å²) in [5, 5.41) is 4.27. The third-order valence-electron chi connectivity index (χ3n) is 1.99. The summed E-state index contributed by atoms with van der Waals surface area (Å²) >= 11 is 1.50. The lowest BCUT2D eigenvalue weighted by Gasteiger charge is -2.02. The first-order valence-corrected chi connectivity index (χ1v) is 5.24. The molecule has 0 aliphatic carbocycles. The Bertz CT molecular complexity index is 437. The molecular weight excluding hydrogens is 196 g/mol. The van der Waals surface area contributed by atoms with Gasteiger partial charge in [0, 0.05) is 24.7 Å². The lowest BCUT2D eigenvalue weighted by molar-refractivity contribution is 1.01. The summed E-state index contributed by atoms with van der Waals surface area (Å²) in [5.41, 5.74) is 6.44. The van der Waals surface area contributed by atoms with Gasteiger partial charge in [0.15, 0.2) is 0 Å². The minimum Gasteiger partial charge on any atom is -0.369 e. The standard InChI is InChI=1S/C9H12N4S/c1-6-7-5-12-9(11-3-2-10)4-8(7)14-13-6/h4-5H,2-3,10H2,1H3,(H,11,12). The van der Waals surface area contributed by atoms with Gasteiger partial charge in [0.05, 0.1) is 10.4 Å². The Morgan fingerprint density at radius 1 is 1.57 bits per heavy atom. The van der Waals surface area contributed by atoms with E-state index in [0.717, 1.165) is 28.1 Å². The van der Waals surface area contributed by atoms with E-state index in [9.17, 15) is 0 Å². The summed E-state index contributed by atoms with van der Waals surface area (Å²) in [7, 11) is 0. The molecule has 2 heterocycles. The third-order valence-corrected chi connectivity index (χ3v) is 2.89. The number of nitrogens with zero attached hydrogens (tertiary/aromatic N) is 2. The SMILES string of the molecule is Cc1nsc2cc(NCCN)ncc12. The van der Waals surface area contributed by atoms with Crippen molar-refractivity contribution in [3.05, 3.63) is 18.0 Å². The van der Waals surface area contributed by atoms with Crippen molar-refractivity contribution in [1.82, 2.24) is 9.36 Å². The molecule has 0 bridgehead atoms. The molecule has 0 amide bonds. The molecule has 0 saturated heterocycles. The molecule has 2 aromatic heterocycles. The van der Waals surface area contributed by atoms with Crippen molar-refractivity contribution in [1.29, 1.82) is 0 Å². The van der Waals surface area contributed by atoms with Gasteiger partial charge < -0.3 is 11.1 Å². The van der Waals surface area contributed by atoms with Crippen LogP contribution in [-0.2, 0) is 0 Å². The highest BCUT2D eigenvalue weighted by Gasteiger charge is 2.02. The number of hydrogen-bond acceptors (Lipinski definition) is 5. The smallest absolute Gasteiger partial charge is 0.127 e. The van der Waals surface area contributed by atoms with Crippen LogP contribution in [-0.4, -0.2) is 22.4 Å². The summed E-state index contributed by atoms with van der Waals surface area (Å²) < 4.78 is 5.43. The van der Waals surface area contributed by atoms with Crippen molar-refractivity contribution in [3.8, 4) is 0 Å². The van der Waals surface area contributed by atoms with Crippen LogP contribution in [0, 0.1) is 6.92 Å². The normalized spacial score (nSPS) is 10.7. The van der Waals surface area contributed by atoms with E-state index in [1.807, 2.05) is 19.2 Å². The summed E-state index contributed by atoms with van der Waals surface area (Å²) in [6, 6.07) is 2.01. The Labute approximate surface area is 86.3 Å². The van der Waals surface area contributed by atoms with E-state index in [0.29, 0.717) is 6.54 Å². The van der Waals surface area contributed by atoms with Crippen molar-refractivity contribution in [2.24, 2.45) is 5.73 Å². The van der Waals surface area contributed by atoms with Crippen LogP contribution in [0.2, 0.25) is 0 Å². The van der Waals surface area contributed by atoms with Crippen molar-refractivity contribution in [2.75, 3.05) is 18.4 Å². The topological polar surface area (TPSA) is 63.8 Å². The number of nitrogens with one attached hydrogen (secondary N) is 1. The molecule has 0 unspecified atom stereocenters.